The Morgan fingerprint density at radius 3 is 2.18 bits per heavy atom. The lowest BCUT2D eigenvalue weighted by atomic mass is 9.89. The smallest absolute Gasteiger partial charge is 0.405 e. The summed E-state index contributed by atoms with van der Waals surface area (Å²) < 4.78 is 9.50. The van der Waals surface area contributed by atoms with Crippen LogP contribution in [-0.2, 0) is 19.1 Å². The highest BCUT2D eigenvalue weighted by Gasteiger charge is 2.33. The summed E-state index contributed by atoms with van der Waals surface area (Å²) in [5.41, 5.74) is 5.97. The number of nitrogens with two attached hydrogens (primary N) is 1. The summed E-state index contributed by atoms with van der Waals surface area (Å²) >= 11 is 6.25. The van der Waals surface area contributed by atoms with Crippen molar-refractivity contribution >= 4 is 29.4 Å². The number of hydrogen-bond donors (Lipinski definition) is 4. The molecule has 0 fully saturated rings. The minimum Gasteiger partial charge on any atom is -0.466 e. The number of aliphatic hydroxyl groups is 3. The molecule has 212 valence electrons. The number of allylic oxidation sites excluding steroid dienone is 9. The second-order valence-corrected chi connectivity index (χ2v) is 9.08. The van der Waals surface area contributed by atoms with Crippen LogP contribution < -0.4 is 5.73 Å². The van der Waals surface area contributed by atoms with Crippen LogP contribution in [0, 0.1) is 11.8 Å². The number of halogens is 1. The lowest BCUT2D eigenvalue weighted by Gasteiger charge is -2.27. The van der Waals surface area contributed by atoms with Gasteiger partial charge in [-0.05, 0) is 25.5 Å². The summed E-state index contributed by atoms with van der Waals surface area (Å²) in [6, 6.07) is 0. The molecule has 0 aromatic heterocycles. The SMILES string of the molecule is CC/C=C/[C@@H](OC(N)=O)[C@@H](C)[C@H](O)CC(=O)[C@@H](O)[C@H](O)[C@H](C)/C(Cl)=C/C=C/C=C(C)/C=C/C=C/C(=O)OC. The zero-order valence-corrected chi connectivity index (χ0v) is 23.2. The number of rotatable bonds is 16. The van der Waals surface area contributed by atoms with E-state index in [9.17, 15) is 29.7 Å². The summed E-state index contributed by atoms with van der Waals surface area (Å²) in [5.74, 6) is -2.71. The van der Waals surface area contributed by atoms with Crippen LogP contribution in [-0.4, -0.2) is 64.7 Å². The number of methoxy groups -OCH3 is 1. The molecule has 38 heavy (non-hydrogen) atoms. The molecule has 0 aromatic carbocycles. The van der Waals surface area contributed by atoms with E-state index in [0.29, 0.717) is 6.42 Å². The van der Waals surface area contributed by atoms with Gasteiger partial charge in [0.2, 0.25) is 0 Å². The zero-order valence-electron chi connectivity index (χ0n) is 22.5. The molecule has 0 bridgehead atoms. The average Bonchev–Trinajstić information content (AvgIpc) is 2.88. The minimum atomic E-state index is -1.79. The number of carbonyl (C=O) groups excluding carboxylic acids is 3. The van der Waals surface area contributed by atoms with Crippen LogP contribution in [0.15, 0.2) is 71.4 Å². The average molecular weight is 554 g/mol. The first-order valence-electron chi connectivity index (χ1n) is 12.2. The quantitative estimate of drug-likeness (QED) is 0.0976. The molecule has 0 radical (unpaired) electrons. The highest BCUT2D eigenvalue weighted by Crippen LogP contribution is 2.24. The molecular formula is C28H40ClNO8. The molecule has 0 rings (SSSR count). The van der Waals surface area contributed by atoms with Gasteiger partial charge in [-0.1, -0.05) is 80.5 Å². The Hall–Kier alpha value is -2.98. The Morgan fingerprint density at radius 1 is 1.00 bits per heavy atom. The number of primary amides is 1. The normalized spacial score (nSPS) is 18.0. The Kier molecular flexibility index (Phi) is 17.6. The van der Waals surface area contributed by atoms with E-state index in [-0.39, 0.29) is 5.03 Å². The maximum absolute atomic E-state index is 12.5. The van der Waals surface area contributed by atoms with Crippen molar-refractivity contribution in [3.63, 3.8) is 0 Å². The number of ketones is 1. The summed E-state index contributed by atoms with van der Waals surface area (Å²) in [5, 5.41) is 31.5. The van der Waals surface area contributed by atoms with Crippen LogP contribution in [0.5, 0.6) is 0 Å². The number of carbonyl (C=O) groups is 3. The molecule has 0 saturated carbocycles. The van der Waals surface area contributed by atoms with Crippen molar-refractivity contribution in [1.29, 1.82) is 0 Å². The highest BCUT2D eigenvalue weighted by atomic mass is 35.5. The molecule has 0 aromatic rings. The number of hydrogen-bond acceptors (Lipinski definition) is 8. The monoisotopic (exact) mass is 553 g/mol. The Balaban J connectivity index is 5.09. The molecule has 5 N–H and O–H groups in total. The van der Waals surface area contributed by atoms with E-state index in [1.54, 1.807) is 62.5 Å². The Labute approximate surface area is 229 Å². The zero-order chi connectivity index (χ0) is 29.3. The van der Waals surface area contributed by atoms with E-state index in [4.69, 9.17) is 22.1 Å². The van der Waals surface area contributed by atoms with E-state index < -0.39 is 60.5 Å². The number of Topliss-reactive ketones (excluding diaryl/α,β-unsaturated/α-hetero) is 1. The Morgan fingerprint density at radius 2 is 1.61 bits per heavy atom. The number of amides is 1. The molecule has 1 amide bonds. The summed E-state index contributed by atoms with van der Waals surface area (Å²) in [6.45, 7) is 6.86. The second-order valence-electron chi connectivity index (χ2n) is 8.65. The van der Waals surface area contributed by atoms with Gasteiger partial charge in [0.15, 0.2) is 5.78 Å². The molecule has 6 atom stereocenters. The first-order valence-corrected chi connectivity index (χ1v) is 12.6. The minimum absolute atomic E-state index is 0.205. The predicted molar refractivity (Wildman–Crippen MR) is 147 cm³/mol. The molecular weight excluding hydrogens is 514 g/mol. The van der Waals surface area contributed by atoms with Crippen LogP contribution in [0.25, 0.3) is 0 Å². The molecule has 10 heteroatoms. The van der Waals surface area contributed by atoms with E-state index in [1.807, 2.05) is 13.8 Å². The van der Waals surface area contributed by atoms with Gasteiger partial charge in [-0.25, -0.2) is 9.59 Å². The van der Waals surface area contributed by atoms with Crippen molar-refractivity contribution in [3.05, 3.63) is 71.4 Å². The van der Waals surface area contributed by atoms with Gasteiger partial charge < -0.3 is 30.5 Å². The van der Waals surface area contributed by atoms with E-state index in [0.717, 1.165) is 5.57 Å². The molecule has 0 aliphatic carbocycles. The standard InChI is InChI=1S/C28H40ClNO8/c1-6-7-15-24(38-28(30)36)20(4)22(31)17-23(32)27(35)26(34)19(3)21(29)14-10-8-12-18(2)13-9-11-16-25(33)37-5/h7-16,19-20,22,24,26-27,31,34-35H,6,17H2,1-5H3,(H2,30,36)/b10-8+,13-9+,15-7+,16-11+,18-12+,21-14-/t19-,20+,22-,24-,26-,27-/m1/s1. The van der Waals surface area contributed by atoms with Gasteiger partial charge in [-0.2, -0.15) is 0 Å². The predicted octanol–water partition coefficient (Wildman–Crippen LogP) is 3.64. The van der Waals surface area contributed by atoms with Crippen LogP contribution in [0.1, 0.15) is 40.5 Å². The lowest BCUT2D eigenvalue weighted by Crippen LogP contribution is -2.42. The largest absolute Gasteiger partial charge is 0.466 e. The third-order valence-corrected chi connectivity index (χ3v) is 6.05. The maximum atomic E-state index is 12.5. The first kappa shape index (κ1) is 35.0. The van der Waals surface area contributed by atoms with Gasteiger partial charge in [-0.15, -0.1) is 0 Å². The van der Waals surface area contributed by atoms with Crippen LogP contribution in [0.4, 0.5) is 4.79 Å². The summed E-state index contributed by atoms with van der Waals surface area (Å²) in [4.78, 5) is 34.7. The molecule has 9 nitrogen and oxygen atoms in total. The molecule has 0 unspecified atom stereocenters. The second kappa shape index (κ2) is 19.1. The van der Waals surface area contributed by atoms with Gasteiger partial charge >= 0.3 is 12.1 Å². The fraction of sp³-hybridized carbons (Fsp3) is 0.464. The lowest BCUT2D eigenvalue weighted by molar-refractivity contribution is -0.137. The van der Waals surface area contributed by atoms with Gasteiger partial charge in [-0.3, -0.25) is 4.79 Å². The van der Waals surface area contributed by atoms with Crippen molar-refractivity contribution < 1.29 is 39.2 Å². The maximum Gasteiger partial charge on any atom is 0.405 e. The van der Waals surface area contributed by atoms with Crippen LogP contribution in [0.3, 0.4) is 0 Å². The van der Waals surface area contributed by atoms with Gasteiger partial charge in [0.05, 0.1) is 19.3 Å². The molecule has 0 aliphatic heterocycles. The van der Waals surface area contributed by atoms with E-state index in [1.165, 1.54) is 19.3 Å². The molecule has 0 saturated heterocycles. The molecule has 0 heterocycles. The topological polar surface area (TPSA) is 156 Å². The first-order chi connectivity index (χ1) is 17.8. The van der Waals surface area contributed by atoms with Crippen molar-refractivity contribution in [2.24, 2.45) is 17.6 Å². The molecule has 0 spiro atoms. The fourth-order valence-electron chi connectivity index (χ4n) is 3.06. The van der Waals surface area contributed by atoms with E-state index in [2.05, 4.69) is 4.74 Å². The Bertz CT molecular complexity index is 951. The summed E-state index contributed by atoms with van der Waals surface area (Å²) in [7, 11) is 1.29. The van der Waals surface area contributed by atoms with Gasteiger partial charge in [0.25, 0.3) is 0 Å². The van der Waals surface area contributed by atoms with Crippen molar-refractivity contribution in [2.75, 3.05) is 7.11 Å². The highest BCUT2D eigenvalue weighted by molar-refractivity contribution is 6.30. The number of aliphatic hydroxyl groups excluding tert-OH is 3. The summed E-state index contributed by atoms with van der Waals surface area (Å²) in [6.07, 6.45) is 10.0. The van der Waals surface area contributed by atoms with Crippen molar-refractivity contribution in [1.82, 2.24) is 0 Å². The van der Waals surface area contributed by atoms with Crippen LogP contribution >= 0.6 is 11.6 Å². The third-order valence-electron chi connectivity index (χ3n) is 5.58. The van der Waals surface area contributed by atoms with Gasteiger partial charge in [0, 0.05) is 29.4 Å². The number of ether oxygens (including phenoxy) is 2. The fourth-order valence-corrected chi connectivity index (χ4v) is 3.26. The van der Waals surface area contributed by atoms with E-state index >= 15 is 0 Å². The number of esters is 1. The van der Waals surface area contributed by atoms with Crippen molar-refractivity contribution in [2.45, 2.75) is 65.0 Å². The van der Waals surface area contributed by atoms with Gasteiger partial charge in [0.1, 0.15) is 12.2 Å². The van der Waals surface area contributed by atoms with Crippen LogP contribution in [0.2, 0.25) is 0 Å². The third kappa shape index (κ3) is 14.1. The van der Waals surface area contributed by atoms with Crippen molar-refractivity contribution in [3.8, 4) is 0 Å². The molecule has 0 aliphatic rings.